The Bertz CT molecular complexity index is 729. The zero-order valence-corrected chi connectivity index (χ0v) is 12.6. The Labute approximate surface area is 130 Å². The highest BCUT2D eigenvalue weighted by molar-refractivity contribution is 6.31. The third kappa shape index (κ3) is 3.53. The molecule has 8 nitrogen and oxygen atoms in total. The van der Waals surface area contributed by atoms with Gasteiger partial charge in [0, 0.05) is 10.7 Å². The fourth-order valence-electron chi connectivity index (χ4n) is 1.81. The predicted octanol–water partition coefficient (Wildman–Crippen LogP) is 2.40. The molecule has 0 radical (unpaired) electrons. The van der Waals surface area contributed by atoms with Crippen molar-refractivity contribution in [3.63, 3.8) is 0 Å². The van der Waals surface area contributed by atoms with E-state index in [1.807, 2.05) is 6.92 Å². The van der Waals surface area contributed by atoms with Gasteiger partial charge >= 0.3 is 11.6 Å². The summed E-state index contributed by atoms with van der Waals surface area (Å²) in [4.78, 5) is 22.2. The third-order valence-corrected chi connectivity index (χ3v) is 3.11. The number of nitrogens with zero attached hydrogens (tertiary/aromatic N) is 3. The van der Waals surface area contributed by atoms with Gasteiger partial charge in [-0.3, -0.25) is 19.6 Å². The number of halogens is 1. The summed E-state index contributed by atoms with van der Waals surface area (Å²) in [5.41, 5.74) is 1.13. The van der Waals surface area contributed by atoms with Gasteiger partial charge < -0.3 is 10.1 Å². The largest absolute Gasteiger partial charge is 0.475 e. The van der Waals surface area contributed by atoms with Crippen molar-refractivity contribution in [1.82, 2.24) is 9.78 Å². The molecular formula is C13H13ClN4O4. The van der Waals surface area contributed by atoms with Crippen LogP contribution in [0, 0.1) is 17.0 Å². The van der Waals surface area contributed by atoms with Crippen LogP contribution in [-0.4, -0.2) is 27.7 Å². The van der Waals surface area contributed by atoms with E-state index in [4.69, 9.17) is 16.3 Å². The zero-order valence-electron chi connectivity index (χ0n) is 11.9. The molecule has 0 aliphatic carbocycles. The van der Waals surface area contributed by atoms with Crippen molar-refractivity contribution in [3.05, 3.63) is 45.1 Å². The van der Waals surface area contributed by atoms with Crippen LogP contribution in [0.15, 0.2) is 24.4 Å². The SMILES string of the molecule is COc1nn(CC(=O)Nc2cc(Cl)ccc2C)cc1[N+](=O)[O-]. The summed E-state index contributed by atoms with van der Waals surface area (Å²) >= 11 is 5.88. The summed E-state index contributed by atoms with van der Waals surface area (Å²) in [7, 11) is 1.27. The molecule has 22 heavy (non-hydrogen) atoms. The molecular weight excluding hydrogens is 312 g/mol. The van der Waals surface area contributed by atoms with Crippen molar-refractivity contribution in [2.75, 3.05) is 12.4 Å². The molecule has 0 fully saturated rings. The van der Waals surface area contributed by atoms with E-state index in [-0.39, 0.29) is 24.0 Å². The lowest BCUT2D eigenvalue weighted by molar-refractivity contribution is -0.385. The number of hydrogen-bond donors (Lipinski definition) is 1. The summed E-state index contributed by atoms with van der Waals surface area (Å²) in [6, 6.07) is 5.12. The number of nitrogens with one attached hydrogen (secondary N) is 1. The molecule has 1 N–H and O–H groups in total. The van der Waals surface area contributed by atoms with Crippen molar-refractivity contribution in [2.24, 2.45) is 0 Å². The van der Waals surface area contributed by atoms with Gasteiger partial charge in [0.15, 0.2) is 0 Å². The molecule has 0 aliphatic heterocycles. The monoisotopic (exact) mass is 324 g/mol. The molecule has 0 atom stereocenters. The maximum atomic E-state index is 12.0. The molecule has 0 saturated heterocycles. The van der Waals surface area contributed by atoms with E-state index in [1.54, 1.807) is 18.2 Å². The van der Waals surface area contributed by atoms with E-state index in [9.17, 15) is 14.9 Å². The number of rotatable bonds is 5. The molecule has 1 amide bonds. The maximum Gasteiger partial charge on any atom is 0.350 e. The summed E-state index contributed by atoms with van der Waals surface area (Å²) in [6.07, 6.45) is 1.14. The van der Waals surface area contributed by atoms with Crippen LogP contribution in [0.1, 0.15) is 5.56 Å². The van der Waals surface area contributed by atoms with E-state index in [2.05, 4.69) is 10.4 Å². The number of ether oxygens (including phenoxy) is 1. The summed E-state index contributed by atoms with van der Waals surface area (Å²) < 4.78 is 5.94. The fraction of sp³-hybridized carbons (Fsp3) is 0.231. The Morgan fingerprint density at radius 1 is 1.55 bits per heavy atom. The first-order chi connectivity index (χ1) is 10.4. The highest BCUT2D eigenvalue weighted by Crippen LogP contribution is 2.24. The van der Waals surface area contributed by atoms with Crippen LogP contribution in [0.3, 0.4) is 0 Å². The van der Waals surface area contributed by atoms with E-state index in [0.717, 1.165) is 16.4 Å². The maximum absolute atomic E-state index is 12.0. The molecule has 0 saturated carbocycles. The van der Waals surface area contributed by atoms with Crippen LogP contribution in [0.5, 0.6) is 5.88 Å². The molecule has 2 rings (SSSR count). The molecule has 1 aromatic carbocycles. The van der Waals surface area contributed by atoms with E-state index < -0.39 is 4.92 Å². The first kappa shape index (κ1) is 15.8. The van der Waals surface area contributed by atoms with Gasteiger partial charge in [-0.05, 0) is 24.6 Å². The number of anilines is 1. The van der Waals surface area contributed by atoms with Crippen LogP contribution in [0.25, 0.3) is 0 Å². The van der Waals surface area contributed by atoms with Gasteiger partial charge in [0.1, 0.15) is 12.7 Å². The van der Waals surface area contributed by atoms with Gasteiger partial charge in [-0.1, -0.05) is 17.7 Å². The molecule has 116 valence electrons. The summed E-state index contributed by atoms with van der Waals surface area (Å²) in [6.45, 7) is 1.64. The normalized spacial score (nSPS) is 10.3. The Balaban J connectivity index is 2.12. The molecule has 0 spiro atoms. The van der Waals surface area contributed by atoms with Gasteiger partial charge in [-0.2, -0.15) is 0 Å². The lowest BCUT2D eigenvalue weighted by Crippen LogP contribution is -2.19. The first-order valence-corrected chi connectivity index (χ1v) is 6.60. The van der Waals surface area contributed by atoms with Crippen LogP contribution < -0.4 is 10.1 Å². The standard InChI is InChI=1S/C13H13ClN4O4/c1-8-3-4-9(14)5-10(8)15-12(19)7-17-6-11(18(20)21)13(16-17)22-2/h3-6H,7H2,1-2H3,(H,15,19). The van der Waals surface area contributed by atoms with Gasteiger partial charge in [0.2, 0.25) is 5.91 Å². The molecule has 1 heterocycles. The van der Waals surface area contributed by atoms with Crippen molar-refractivity contribution in [3.8, 4) is 5.88 Å². The Kier molecular flexibility index (Phi) is 4.62. The van der Waals surface area contributed by atoms with E-state index >= 15 is 0 Å². The van der Waals surface area contributed by atoms with E-state index in [0.29, 0.717) is 10.7 Å². The highest BCUT2D eigenvalue weighted by atomic mass is 35.5. The minimum absolute atomic E-state index is 0.142. The second-order valence-electron chi connectivity index (χ2n) is 4.49. The Morgan fingerprint density at radius 3 is 2.86 bits per heavy atom. The second-order valence-corrected chi connectivity index (χ2v) is 4.92. The molecule has 0 unspecified atom stereocenters. The number of aryl methyl sites for hydroxylation is 1. The predicted molar refractivity (Wildman–Crippen MR) is 80.3 cm³/mol. The van der Waals surface area contributed by atoms with Crippen molar-refractivity contribution >= 4 is 28.9 Å². The topological polar surface area (TPSA) is 99.3 Å². The molecule has 1 aromatic heterocycles. The fourth-order valence-corrected chi connectivity index (χ4v) is 1.98. The molecule has 0 bridgehead atoms. The number of amides is 1. The number of nitro groups is 1. The zero-order chi connectivity index (χ0) is 16.3. The average Bonchev–Trinajstić information content (AvgIpc) is 2.86. The van der Waals surface area contributed by atoms with Crippen LogP contribution in [0.4, 0.5) is 11.4 Å². The molecule has 2 aromatic rings. The molecule has 0 aliphatic rings. The van der Waals surface area contributed by atoms with Crippen molar-refractivity contribution in [2.45, 2.75) is 13.5 Å². The number of hydrogen-bond acceptors (Lipinski definition) is 5. The minimum atomic E-state index is -0.624. The highest BCUT2D eigenvalue weighted by Gasteiger charge is 2.21. The quantitative estimate of drug-likeness (QED) is 0.672. The number of carbonyl (C=O) groups is 1. The third-order valence-electron chi connectivity index (χ3n) is 2.88. The van der Waals surface area contributed by atoms with Gasteiger partial charge in [0.05, 0.1) is 12.0 Å². The lowest BCUT2D eigenvalue weighted by Gasteiger charge is -2.08. The number of carbonyl (C=O) groups excluding carboxylic acids is 1. The average molecular weight is 325 g/mol. The second kappa shape index (κ2) is 6.44. The number of benzene rings is 1. The lowest BCUT2D eigenvalue weighted by atomic mass is 10.2. The van der Waals surface area contributed by atoms with Gasteiger partial charge in [-0.15, -0.1) is 5.10 Å². The summed E-state index contributed by atoms with van der Waals surface area (Å²) in [5, 5.41) is 17.8. The van der Waals surface area contributed by atoms with Crippen LogP contribution in [0.2, 0.25) is 5.02 Å². The minimum Gasteiger partial charge on any atom is -0.475 e. The number of methoxy groups -OCH3 is 1. The van der Waals surface area contributed by atoms with Crippen LogP contribution >= 0.6 is 11.6 Å². The van der Waals surface area contributed by atoms with E-state index in [1.165, 1.54) is 7.11 Å². The smallest absolute Gasteiger partial charge is 0.350 e. The van der Waals surface area contributed by atoms with Crippen molar-refractivity contribution in [1.29, 1.82) is 0 Å². The van der Waals surface area contributed by atoms with Crippen LogP contribution in [-0.2, 0) is 11.3 Å². The molecule has 9 heteroatoms. The van der Waals surface area contributed by atoms with Gasteiger partial charge in [0.25, 0.3) is 0 Å². The summed E-state index contributed by atoms with van der Waals surface area (Å²) in [5.74, 6) is -0.526. The van der Waals surface area contributed by atoms with Gasteiger partial charge in [-0.25, -0.2) is 0 Å². The Morgan fingerprint density at radius 2 is 2.27 bits per heavy atom. The van der Waals surface area contributed by atoms with Crippen molar-refractivity contribution < 1.29 is 14.5 Å². The first-order valence-electron chi connectivity index (χ1n) is 6.22. The number of aromatic nitrogens is 2. The Hall–Kier alpha value is -2.61.